The van der Waals surface area contributed by atoms with Crippen molar-refractivity contribution >= 4 is 22.6 Å². The molecule has 0 aliphatic carbocycles. The highest BCUT2D eigenvalue weighted by atomic mass is 127. The van der Waals surface area contributed by atoms with Gasteiger partial charge in [0.25, 0.3) is 0 Å². The molecule has 2 heterocycles. The topological polar surface area (TPSA) is 13.0 Å². The summed E-state index contributed by atoms with van der Waals surface area (Å²) in [6, 6.07) is 2.62. The van der Waals surface area contributed by atoms with E-state index in [0.29, 0.717) is 28.2 Å². The van der Waals surface area contributed by atoms with Crippen LogP contribution in [0.15, 0.2) is 0 Å². The van der Waals surface area contributed by atoms with E-state index in [9.17, 15) is 0 Å². The maximum Gasteiger partial charge on any atom is 0.0592 e. The van der Waals surface area contributed by atoms with Crippen LogP contribution in [0.5, 0.6) is 0 Å². The van der Waals surface area contributed by atoms with E-state index >= 15 is 0 Å². The Hall–Kier alpha value is 0.570. The zero-order valence-corrected chi connectivity index (χ0v) is 20.4. The third-order valence-corrected chi connectivity index (χ3v) is 7.15. The van der Waals surface area contributed by atoms with E-state index in [0.717, 1.165) is 5.92 Å². The van der Waals surface area contributed by atoms with Crippen molar-refractivity contribution in [1.82, 2.24) is 19.6 Å². The molecule has 0 aromatic rings. The Bertz CT molecular complexity index is 415. The minimum absolute atomic E-state index is 0.621. The highest BCUT2D eigenvalue weighted by Crippen LogP contribution is 2.26. The number of likely N-dealkylation sites (N-methyl/N-ethyl adjacent to an activating group) is 1. The van der Waals surface area contributed by atoms with Crippen molar-refractivity contribution in [2.75, 3.05) is 46.3 Å². The first-order valence-corrected chi connectivity index (χ1v) is 12.0. The summed E-state index contributed by atoms with van der Waals surface area (Å²) < 4.78 is 0.621. The van der Waals surface area contributed by atoms with Crippen LogP contribution in [0.4, 0.5) is 0 Å². The van der Waals surface area contributed by atoms with Crippen LogP contribution < -0.4 is 0 Å². The molecule has 26 heavy (non-hydrogen) atoms. The first-order valence-electron chi connectivity index (χ1n) is 10.8. The average molecular weight is 479 g/mol. The van der Waals surface area contributed by atoms with Gasteiger partial charge in [-0.25, -0.2) is 0 Å². The molecule has 0 aromatic heterocycles. The highest BCUT2D eigenvalue weighted by molar-refractivity contribution is 14.1. The normalized spacial score (nSPS) is 32.8. The standard InChI is InChI=1S/C21H43IN4/c1-16(2)24-12-18(5)26(17(3)4)14-20(13-24)11-21-15-23(7)9-8-10-25(21)19(6)22/h16-21H,8-15H2,1-7H3/t18-,19?,20?,21-/m0/s1. The van der Waals surface area contributed by atoms with E-state index in [1.807, 2.05) is 0 Å². The molecule has 2 fully saturated rings. The summed E-state index contributed by atoms with van der Waals surface area (Å²) in [6.07, 6.45) is 2.63. The van der Waals surface area contributed by atoms with Crippen LogP contribution in [0.2, 0.25) is 0 Å². The first-order chi connectivity index (χ1) is 12.2. The monoisotopic (exact) mass is 478 g/mol. The second-order valence-corrected chi connectivity index (χ2v) is 11.2. The van der Waals surface area contributed by atoms with Crippen molar-refractivity contribution in [1.29, 1.82) is 0 Å². The van der Waals surface area contributed by atoms with E-state index in [1.165, 1.54) is 52.1 Å². The maximum atomic E-state index is 2.78. The molecule has 5 heteroatoms. The summed E-state index contributed by atoms with van der Waals surface area (Å²) in [5.74, 6) is 0.763. The van der Waals surface area contributed by atoms with Crippen molar-refractivity contribution in [3.05, 3.63) is 0 Å². The molecule has 0 aromatic carbocycles. The van der Waals surface area contributed by atoms with E-state index in [-0.39, 0.29) is 0 Å². The zero-order valence-electron chi connectivity index (χ0n) is 18.3. The average Bonchev–Trinajstić information content (AvgIpc) is 2.81. The summed E-state index contributed by atoms with van der Waals surface area (Å²) in [6.45, 7) is 21.7. The lowest BCUT2D eigenvalue weighted by atomic mass is 9.96. The smallest absolute Gasteiger partial charge is 0.0592 e. The Labute approximate surface area is 176 Å². The summed E-state index contributed by atoms with van der Waals surface area (Å²) in [5.41, 5.74) is 0. The number of hydrogen-bond donors (Lipinski definition) is 0. The van der Waals surface area contributed by atoms with E-state index < -0.39 is 0 Å². The van der Waals surface area contributed by atoms with Crippen LogP contribution in [0, 0.1) is 5.92 Å². The van der Waals surface area contributed by atoms with Crippen LogP contribution in [0.25, 0.3) is 0 Å². The summed E-state index contributed by atoms with van der Waals surface area (Å²) in [5, 5.41) is 0. The Balaban J connectivity index is 2.16. The van der Waals surface area contributed by atoms with Gasteiger partial charge in [0, 0.05) is 56.9 Å². The predicted molar refractivity (Wildman–Crippen MR) is 122 cm³/mol. The molecule has 2 saturated heterocycles. The fourth-order valence-corrected chi connectivity index (χ4v) is 5.73. The van der Waals surface area contributed by atoms with Crippen LogP contribution in [0.3, 0.4) is 0 Å². The number of hydrogen-bond acceptors (Lipinski definition) is 4. The molecule has 4 nitrogen and oxygen atoms in total. The van der Waals surface area contributed by atoms with Crippen LogP contribution in [-0.4, -0.2) is 94.1 Å². The van der Waals surface area contributed by atoms with Gasteiger partial charge in [0.15, 0.2) is 0 Å². The predicted octanol–water partition coefficient (Wildman–Crippen LogP) is 3.60. The van der Waals surface area contributed by atoms with Gasteiger partial charge in [0.2, 0.25) is 0 Å². The molecule has 0 bridgehead atoms. The van der Waals surface area contributed by atoms with Gasteiger partial charge in [-0.2, -0.15) is 0 Å². The number of rotatable bonds is 5. The number of halogens is 1. The Kier molecular flexibility index (Phi) is 9.12. The molecular weight excluding hydrogens is 435 g/mol. The van der Waals surface area contributed by atoms with Crippen molar-refractivity contribution < 1.29 is 0 Å². The van der Waals surface area contributed by atoms with Gasteiger partial charge >= 0.3 is 0 Å². The van der Waals surface area contributed by atoms with Gasteiger partial charge in [-0.3, -0.25) is 14.7 Å². The maximum absolute atomic E-state index is 2.78. The quantitative estimate of drug-likeness (QED) is 0.340. The van der Waals surface area contributed by atoms with Crippen molar-refractivity contribution in [2.24, 2.45) is 5.92 Å². The molecule has 2 aliphatic heterocycles. The molecule has 2 aliphatic rings. The van der Waals surface area contributed by atoms with Gasteiger partial charge in [0.05, 0.1) is 4.05 Å². The summed E-state index contributed by atoms with van der Waals surface area (Å²) >= 11 is 2.62. The molecule has 2 rings (SSSR count). The largest absolute Gasteiger partial charge is 0.305 e. The third-order valence-electron chi connectivity index (χ3n) is 6.43. The third kappa shape index (κ3) is 6.29. The van der Waals surface area contributed by atoms with E-state index in [4.69, 9.17) is 0 Å². The van der Waals surface area contributed by atoms with Crippen molar-refractivity contribution in [2.45, 2.75) is 82.6 Å². The minimum atomic E-state index is 0.621. The number of nitrogens with zero attached hydrogens (tertiary/aromatic N) is 4. The molecule has 2 unspecified atom stereocenters. The van der Waals surface area contributed by atoms with E-state index in [1.54, 1.807) is 0 Å². The molecule has 4 atom stereocenters. The van der Waals surface area contributed by atoms with Gasteiger partial charge in [0.1, 0.15) is 0 Å². The Morgan fingerprint density at radius 2 is 1.58 bits per heavy atom. The van der Waals surface area contributed by atoms with Crippen LogP contribution >= 0.6 is 22.6 Å². The van der Waals surface area contributed by atoms with Gasteiger partial charge < -0.3 is 4.90 Å². The minimum Gasteiger partial charge on any atom is -0.305 e. The van der Waals surface area contributed by atoms with Gasteiger partial charge in [-0.1, -0.05) is 22.6 Å². The van der Waals surface area contributed by atoms with Crippen LogP contribution in [0.1, 0.15) is 54.4 Å². The van der Waals surface area contributed by atoms with Gasteiger partial charge in [-0.15, -0.1) is 0 Å². The lowest BCUT2D eigenvalue weighted by Crippen LogP contribution is -2.46. The second-order valence-electron chi connectivity index (χ2n) is 9.37. The Morgan fingerprint density at radius 1 is 0.885 bits per heavy atom. The molecule has 0 N–H and O–H groups in total. The fourth-order valence-electron chi connectivity index (χ4n) is 5.00. The SMILES string of the molecule is CC(C)N1CC(C[C@H]2CN(C)CCCN2C(C)I)CN(C(C)C)[C@@H](C)C1. The summed E-state index contributed by atoms with van der Waals surface area (Å²) in [4.78, 5) is 10.8. The molecule has 0 saturated carbocycles. The van der Waals surface area contributed by atoms with Gasteiger partial charge in [-0.05, 0) is 73.9 Å². The molecule has 0 amide bonds. The van der Waals surface area contributed by atoms with E-state index in [2.05, 4.69) is 90.8 Å². The van der Waals surface area contributed by atoms with Crippen molar-refractivity contribution in [3.8, 4) is 0 Å². The lowest BCUT2D eigenvalue weighted by Gasteiger charge is -2.37. The number of alkyl halides is 1. The second kappa shape index (κ2) is 10.4. The zero-order chi connectivity index (χ0) is 19.4. The summed E-state index contributed by atoms with van der Waals surface area (Å²) in [7, 11) is 2.31. The highest BCUT2D eigenvalue weighted by Gasteiger charge is 2.34. The van der Waals surface area contributed by atoms with Crippen LogP contribution in [-0.2, 0) is 0 Å². The Morgan fingerprint density at radius 3 is 2.15 bits per heavy atom. The molecule has 154 valence electrons. The van der Waals surface area contributed by atoms with Crippen molar-refractivity contribution in [3.63, 3.8) is 0 Å². The lowest BCUT2D eigenvalue weighted by molar-refractivity contribution is 0.123. The fraction of sp³-hybridized carbons (Fsp3) is 1.00. The molecule has 0 spiro atoms. The molecular formula is C21H43IN4. The molecule has 0 radical (unpaired) electrons. The first kappa shape index (κ1) is 22.9.